The summed E-state index contributed by atoms with van der Waals surface area (Å²) in [6.07, 6.45) is 2.83. The smallest absolute Gasteiger partial charge is 0.306 e. The van der Waals surface area contributed by atoms with Gasteiger partial charge < -0.3 is 14.3 Å². The van der Waals surface area contributed by atoms with Crippen molar-refractivity contribution >= 4 is 5.97 Å². The van der Waals surface area contributed by atoms with Crippen LogP contribution in [0.3, 0.4) is 0 Å². The molecule has 0 aliphatic rings. The average Bonchev–Trinajstić information content (AvgIpc) is 2.62. The van der Waals surface area contributed by atoms with Gasteiger partial charge in [0.15, 0.2) is 0 Å². The van der Waals surface area contributed by atoms with Crippen LogP contribution in [-0.4, -0.2) is 18.2 Å². The molecule has 1 rings (SSSR count). The maximum absolute atomic E-state index is 10.6. The van der Waals surface area contributed by atoms with E-state index in [0.717, 1.165) is 11.3 Å². The van der Waals surface area contributed by atoms with Crippen LogP contribution in [0.2, 0.25) is 0 Å². The molecular formula is C11H16O4. The van der Waals surface area contributed by atoms with Crippen LogP contribution in [0.5, 0.6) is 0 Å². The van der Waals surface area contributed by atoms with Gasteiger partial charge in [0.05, 0.1) is 18.8 Å². The van der Waals surface area contributed by atoms with Crippen LogP contribution < -0.4 is 0 Å². The fraction of sp³-hybridized carbons (Fsp3) is 0.545. The molecule has 1 N–H and O–H groups in total. The van der Waals surface area contributed by atoms with Crippen molar-refractivity contribution in [2.24, 2.45) is 5.92 Å². The number of methoxy groups -OCH3 is 1. The van der Waals surface area contributed by atoms with E-state index in [1.54, 1.807) is 20.3 Å². The van der Waals surface area contributed by atoms with Crippen molar-refractivity contribution in [2.45, 2.75) is 26.4 Å². The van der Waals surface area contributed by atoms with Crippen molar-refractivity contribution in [1.82, 2.24) is 0 Å². The van der Waals surface area contributed by atoms with Gasteiger partial charge in [0, 0.05) is 19.1 Å². The molecule has 1 aromatic heterocycles. The molecule has 84 valence electrons. The number of ether oxygens (including phenoxy) is 1. The first kappa shape index (κ1) is 11.8. The van der Waals surface area contributed by atoms with Crippen molar-refractivity contribution in [1.29, 1.82) is 0 Å². The van der Waals surface area contributed by atoms with Crippen molar-refractivity contribution < 1.29 is 19.1 Å². The Balaban J connectivity index is 2.49. The van der Waals surface area contributed by atoms with Crippen molar-refractivity contribution in [3.05, 3.63) is 23.7 Å². The van der Waals surface area contributed by atoms with E-state index in [1.807, 2.05) is 6.07 Å². The normalized spacial score (nSPS) is 12.7. The lowest BCUT2D eigenvalue weighted by molar-refractivity contribution is -0.141. The molecule has 0 saturated carbocycles. The largest absolute Gasteiger partial charge is 0.481 e. The molecular weight excluding hydrogens is 196 g/mol. The lowest BCUT2D eigenvalue weighted by Gasteiger charge is -2.05. The molecule has 0 aromatic carbocycles. The highest BCUT2D eigenvalue weighted by Gasteiger charge is 2.13. The third kappa shape index (κ3) is 3.40. The van der Waals surface area contributed by atoms with Gasteiger partial charge in [-0.25, -0.2) is 0 Å². The number of hydrogen-bond acceptors (Lipinski definition) is 3. The van der Waals surface area contributed by atoms with E-state index in [9.17, 15) is 4.79 Å². The first-order chi connectivity index (χ1) is 7.15. The number of rotatable bonds is 6. The Morgan fingerprint density at radius 1 is 1.67 bits per heavy atom. The summed E-state index contributed by atoms with van der Waals surface area (Å²) in [6, 6.07) is 1.85. The summed E-state index contributed by atoms with van der Waals surface area (Å²) in [4.78, 5) is 10.6. The number of aryl methyl sites for hydroxylation is 1. The van der Waals surface area contributed by atoms with Gasteiger partial charge in [0.2, 0.25) is 0 Å². The maximum atomic E-state index is 10.6. The average molecular weight is 212 g/mol. The molecule has 0 bridgehead atoms. The summed E-state index contributed by atoms with van der Waals surface area (Å²) in [5, 5.41) is 8.73. The molecule has 1 unspecified atom stereocenters. The summed E-state index contributed by atoms with van der Waals surface area (Å²) < 4.78 is 10.3. The second-order valence-corrected chi connectivity index (χ2v) is 3.58. The van der Waals surface area contributed by atoms with Gasteiger partial charge in [-0.05, 0) is 12.5 Å². The van der Waals surface area contributed by atoms with Crippen LogP contribution >= 0.6 is 0 Å². The number of carboxylic acid groups (broad SMARTS) is 1. The molecule has 4 nitrogen and oxygen atoms in total. The quantitative estimate of drug-likeness (QED) is 0.784. The molecule has 0 fully saturated rings. The van der Waals surface area contributed by atoms with E-state index < -0.39 is 5.97 Å². The maximum Gasteiger partial charge on any atom is 0.306 e. The molecule has 0 amide bonds. The number of carboxylic acids is 1. The van der Waals surface area contributed by atoms with E-state index in [2.05, 4.69) is 0 Å². The van der Waals surface area contributed by atoms with Gasteiger partial charge in [-0.15, -0.1) is 0 Å². The van der Waals surface area contributed by atoms with Crippen molar-refractivity contribution in [3.8, 4) is 0 Å². The Bertz CT molecular complexity index is 316. The van der Waals surface area contributed by atoms with Gasteiger partial charge in [0.1, 0.15) is 5.76 Å². The highest BCUT2D eigenvalue weighted by molar-refractivity contribution is 5.69. The van der Waals surface area contributed by atoms with E-state index in [-0.39, 0.29) is 5.92 Å². The zero-order valence-corrected chi connectivity index (χ0v) is 9.03. The SMILES string of the molecule is COCc1ccoc1CCC(C)C(=O)O. The summed E-state index contributed by atoms with van der Waals surface area (Å²) in [5.74, 6) is -0.287. The molecule has 1 aromatic rings. The summed E-state index contributed by atoms with van der Waals surface area (Å²) in [6.45, 7) is 2.20. The fourth-order valence-corrected chi connectivity index (χ4v) is 1.34. The lowest BCUT2D eigenvalue weighted by Crippen LogP contribution is -2.10. The van der Waals surface area contributed by atoms with E-state index in [1.165, 1.54) is 0 Å². The molecule has 0 aliphatic carbocycles. The van der Waals surface area contributed by atoms with Gasteiger partial charge >= 0.3 is 5.97 Å². The summed E-state index contributed by atoms with van der Waals surface area (Å²) >= 11 is 0. The molecule has 15 heavy (non-hydrogen) atoms. The van der Waals surface area contributed by atoms with Crippen LogP contribution in [0.4, 0.5) is 0 Å². The van der Waals surface area contributed by atoms with Gasteiger partial charge in [-0.2, -0.15) is 0 Å². The van der Waals surface area contributed by atoms with Crippen LogP contribution in [0.25, 0.3) is 0 Å². The third-order valence-electron chi connectivity index (χ3n) is 2.36. The van der Waals surface area contributed by atoms with Crippen molar-refractivity contribution in [2.75, 3.05) is 7.11 Å². The Labute approximate surface area is 88.8 Å². The minimum atomic E-state index is -0.769. The second-order valence-electron chi connectivity index (χ2n) is 3.58. The molecule has 1 heterocycles. The Hall–Kier alpha value is -1.29. The number of carbonyl (C=O) groups is 1. The molecule has 0 aliphatic heterocycles. The lowest BCUT2D eigenvalue weighted by atomic mass is 10.0. The highest BCUT2D eigenvalue weighted by atomic mass is 16.5. The number of furan rings is 1. The predicted octanol–water partition coefficient (Wildman–Crippen LogP) is 2.08. The van der Waals surface area contributed by atoms with Crippen LogP contribution in [0, 0.1) is 5.92 Å². The zero-order chi connectivity index (χ0) is 11.3. The van der Waals surface area contributed by atoms with E-state index >= 15 is 0 Å². The fourth-order valence-electron chi connectivity index (χ4n) is 1.34. The predicted molar refractivity (Wildman–Crippen MR) is 54.5 cm³/mol. The van der Waals surface area contributed by atoms with Crippen molar-refractivity contribution in [3.63, 3.8) is 0 Å². The molecule has 4 heteroatoms. The Morgan fingerprint density at radius 2 is 2.40 bits per heavy atom. The standard InChI is InChI=1S/C11H16O4/c1-8(11(12)13)3-4-10-9(7-14-2)5-6-15-10/h5-6,8H,3-4,7H2,1-2H3,(H,12,13). The number of hydrogen-bond donors (Lipinski definition) is 1. The summed E-state index contributed by atoms with van der Waals surface area (Å²) in [7, 11) is 1.62. The minimum absolute atomic E-state index is 0.342. The molecule has 0 radical (unpaired) electrons. The van der Waals surface area contributed by atoms with Crippen LogP contribution in [0.15, 0.2) is 16.7 Å². The van der Waals surface area contributed by atoms with Gasteiger partial charge in [-0.1, -0.05) is 6.92 Å². The molecule has 0 saturated heterocycles. The van der Waals surface area contributed by atoms with Gasteiger partial charge in [-0.3, -0.25) is 4.79 Å². The van der Waals surface area contributed by atoms with E-state index in [4.69, 9.17) is 14.3 Å². The Kier molecular flexibility index (Phi) is 4.37. The van der Waals surface area contributed by atoms with Crippen LogP contribution in [-0.2, 0) is 22.6 Å². The van der Waals surface area contributed by atoms with E-state index in [0.29, 0.717) is 19.4 Å². The third-order valence-corrected chi connectivity index (χ3v) is 2.36. The number of aliphatic carboxylic acids is 1. The molecule has 0 spiro atoms. The van der Waals surface area contributed by atoms with Gasteiger partial charge in [0.25, 0.3) is 0 Å². The molecule has 1 atom stereocenters. The minimum Gasteiger partial charge on any atom is -0.481 e. The highest BCUT2D eigenvalue weighted by Crippen LogP contribution is 2.16. The first-order valence-corrected chi connectivity index (χ1v) is 4.92. The first-order valence-electron chi connectivity index (χ1n) is 4.92. The topological polar surface area (TPSA) is 59.7 Å². The summed E-state index contributed by atoms with van der Waals surface area (Å²) in [5.41, 5.74) is 0.995. The van der Waals surface area contributed by atoms with Crippen LogP contribution in [0.1, 0.15) is 24.7 Å². The zero-order valence-electron chi connectivity index (χ0n) is 9.03. The second kappa shape index (κ2) is 5.56. The monoisotopic (exact) mass is 212 g/mol. The Morgan fingerprint density at radius 3 is 3.00 bits per heavy atom.